The second-order valence-corrected chi connectivity index (χ2v) is 7.57. The maximum Gasteiger partial charge on any atom is 0.243 e. The van der Waals surface area contributed by atoms with Gasteiger partial charge in [-0.05, 0) is 49.1 Å². The van der Waals surface area contributed by atoms with Crippen molar-refractivity contribution in [2.45, 2.75) is 58.7 Å². The molecule has 0 bridgehead atoms. The lowest BCUT2D eigenvalue weighted by molar-refractivity contribution is -0.141. The molecule has 0 heterocycles. The third-order valence-corrected chi connectivity index (χ3v) is 5.32. The number of halogens is 2. The Labute approximate surface area is 177 Å². The third kappa shape index (κ3) is 6.57. The molecule has 4 nitrogen and oxygen atoms in total. The van der Waals surface area contributed by atoms with Crippen LogP contribution in [0.25, 0.3) is 0 Å². The zero-order chi connectivity index (χ0) is 21.4. The molecule has 0 fully saturated rings. The van der Waals surface area contributed by atoms with E-state index < -0.39 is 6.04 Å². The number of benzene rings is 2. The third-order valence-electron chi connectivity index (χ3n) is 4.95. The van der Waals surface area contributed by atoms with Crippen LogP contribution in [0.5, 0.6) is 0 Å². The summed E-state index contributed by atoms with van der Waals surface area (Å²) >= 11 is 6.22. The molecule has 156 valence electrons. The lowest BCUT2D eigenvalue weighted by Crippen LogP contribution is -2.51. The van der Waals surface area contributed by atoms with E-state index in [1.54, 1.807) is 35.2 Å². The lowest BCUT2D eigenvalue weighted by atomic mass is 10.1. The van der Waals surface area contributed by atoms with E-state index in [0.717, 1.165) is 12.0 Å². The van der Waals surface area contributed by atoms with E-state index in [-0.39, 0.29) is 36.6 Å². The molecular formula is C23H28ClFN2O2. The van der Waals surface area contributed by atoms with Gasteiger partial charge in [0, 0.05) is 17.6 Å². The van der Waals surface area contributed by atoms with Crippen molar-refractivity contribution >= 4 is 23.4 Å². The molecule has 0 radical (unpaired) electrons. The van der Waals surface area contributed by atoms with Gasteiger partial charge >= 0.3 is 0 Å². The lowest BCUT2D eigenvalue weighted by Gasteiger charge is -2.31. The first kappa shape index (κ1) is 22.9. The van der Waals surface area contributed by atoms with Crippen LogP contribution in [-0.4, -0.2) is 28.8 Å². The van der Waals surface area contributed by atoms with Gasteiger partial charge < -0.3 is 10.2 Å². The standard InChI is InChI=1S/C23H28ClFN2O2/c1-4-16(3)26-23(29)21(5-2)27(15-17-10-12-19(25)13-11-17)22(28)14-18-8-6-7-9-20(18)24/h6-13,16,21H,4-5,14-15H2,1-3H3,(H,26,29)/t16-,21+/m1/s1. The summed E-state index contributed by atoms with van der Waals surface area (Å²) in [5.41, 5.74) is 1.47. The molecule has 0 saturated carbocycles. The predicted octanol–water partition coefficient (Wildman–Crippen LogP) is 4.74. The van der Waals surface area contributed by atoms with E-state index in [0.29, 0.717) is 17.0 Å². The highest BCUT2D eigenvalue weighted by atomic mass is 35.5. The normalized spacial score (nSPS) is 12.9. The Balaban J connectivity index is 2.29. The van der Waals surface area contributed by atoms with Gasteiger partial charge in [-0.2, -0.15) is 0 Å². The van der Waals surface area contributed by atoms with Crippen molar-refractivity contribution in [3.63, 3.8) is 0 Å². The minimum Gasteiger partial charge on any atom is -0.352 e. The molecule has 0 aliphatic heterocycles. The van der Waals surface area contributed by atoms with Gasteiger partial charge in [0.25, 0.3) is 0 Å². The van der Waals surface area contributed by atoms with Gasteiger partial charge in [0.1, 0.15) is 11.9 Å². The van der Waals surface area contributed by atoms with Crippen LogP contribution in [0.4, 0.5) is 4.39 Å². The molecule has 0 aliphatic carbocycles. The molecule has 2 aromatic rings. The zero-order valence-electron chi connectivity index (χ0n) is 17.1. The molecule has 2 atom stereocenters. The highest BCUT2D eigenvalue weighted by molar-refractivity contribution is 6.31. The molecule has 29 heavy (non-hydrogen) atoms. The summed E-state index contributed by atoms with van der Waals surface area (Å²) in [6.45, 7) is 6.02. The molecule has 2 amide bonds. The molecule has 0 aliphatic rings. The van der Waals surface area contributed by atoms with Crippen LogP contribution in [0, 0.1) is 5.82 Å². The topological polar surface area (TPSA) is 49.4 Å². The van der Waals surface area contributed by atoms with E-state index in [1.807, 2.05) is 26.8 Å². The fourth-order valence-electron chi connectivity index (χ4n) is 3.05. The molecule has 2 aromatic carbocycles. The highest BCUT2D eigenvalue weighted by Crippen LogP contribution is 2.19. The maximum absolute atomic E-state index is 13.3. The van der Waals surface area contributed by atoms with Crippen LogP contribution >= 0.6 is 11.6 Å². The van der Waals surface area contributed by atoms with Crippen molar-refractivity contribution in [2.75, 3.05) is 0 Å². The van der Waals surface area contributed by atoms with Gasteiger partial charge in [0.2, 0.25) is 11.8 Å². The molecule has 0 saturated heterocycles. The maximum atomic E-state index is 13.3. The van der Waals surface area contributed by atoms with E-state index in [2.05, 4.69) is 5.32 Å². The first-order chi connectivity index (χ1) is 13.8. The quantitative estimate of drug-likeness (QED) is 0.639. The summed E-state index contributed by atoms with van der Waals surface area (Å²) in [6.07, 6.45) is 1.36. The number of rotatable bonds is 9. The van der Waals surface area contributed by atoms with Crippen molar-refractivity contribution in [1.29, 1.82) is 0 Å². The Bertz CT molecular complexity index is 826. The average molecular weight is 419 g/mol. The fourth-order valence-corrected chi connectivity index (χ4v) is 3.26. The molecule has 2 rings (SSSR count). The molecular weight excluding hydrogens is 391 g/mol. The minimum atomic E-state index is -0.621. The summed E-state index contributed by atoms with van der Waals surface area (Å²) in [4.78, 5) is 27.6. The van der Waals surface area contributed by atoms with Gasteiger partial charge in [-0.25, -0.2) is 4.39 Å². The second kappa shape index (κ2) is 11.0. The van der Waals surface area contributed by atoms with Crippen LogP contribution in [0.15, 0.2) is 48.5 Å². The van der Waals surface area contributed by atoms with E-state index in [4.69, 9.17) is 11.6 Å². The van der Waals surface area contributed by atoms with E-state index in [1.165, 1.54) is 12.1 Å². The van der Waals surface area contributed by atoms with Gasteiger partial charge in [-0.15, -0.1) is 0 Å². The Morgan fingerprint density at radius 3 is 2.31 bits per heavy atom. The average Bonchev–Trinajstić information content (AvgIpc) is 2.70. The van der Waals surface area contributed by atoms with Crippen LogP contribution in [-0.2, 0) is 22.6 Å². The molecule has 1 N–H and O–H groups in total. The fraction of sp³-hybridized carbons (Fsp3) is 0.391. The molecule has 0 aromatic heterocycles. The smallest absolute Gasteiger partial charge is 0.243 e. The second-order valence-electron chi connectivity index (χ2n) is 7.16. The summed E-state index contributed by atoms with van der Waals surface area (Å²) in [5.74, 6) is -0.728. The summed E-state index contributed by atoms with van der Waals surface area (Å²) < 4.78 is 13.3. The number of nitrogens with zero attached hydrogens (tertiary/aromatic N) is 1. The van der Waals surface area contributed by atoms with Crippen molar-refractivity contribution in [2.24, 2.45) is 0 Å². The van der Waals surface area contributed by atoms with Crippen LogP contribution < -0.4 is 5.32 Å². The zero-order valence-corrected chi connectivity index (χ0v) is 17.9. The Morgan fingerprint density at radius 2 is 1.72 bits per heavy atom. The number of hydrogen-bond donors (Lipinski definition) is 1. The van der Waals surface area contributed by atoms with Gasteiger partial charge in [0.15, 0.2) is 0 Å². The monoisotopic (exact) mass is 418 g/mol. The first-order valence-electron chi connectivity index (χ1n) is 9.93. The summed E-state index contributed by atoms with van der Waals surface area (Å²) in [6, 6.07) is 12.5. The van der Waals surface area contributed by atoms with Crippen molar-refractivity contribution in [3.05, 3.63) is 70.5 Å². The van der Waals surface area contributed by atoms with Crippen LogP contribution in [0.3, 0.4) is 0 Å². The van der Waals surface area contributed by atoms with E-state index in [9.17, 15) is 14.0 Å². The number of amides is 2. The van der Waals surface area contributed by atoms with E-state index >= 15 is 0 Å². The van der Waals surface area contributed by atoms with Gasteiger partial charge in [0.05, 0.1) is 6.42 Å². The van der Waals surface area contributed by atoms with Crippen LogP contribution in [0.2, 0.25) is 5.02 Å². The Hall–Kier alpha value is -2.40. The summed E-state index contributed by atoms with van der Waals surface area (Å²) in [5, 5.41) is 3.48. The molecule has 0 unspecified atom stereocenters. The Morgan fingerprint density at radius 1 is 1.07 bits per heavy atom. The van der Waals surface area contributed by atoms with Crippen LogP contribution in [0.1, 0.15) is 44.7 Å². The number of hydrogen-bond acceptors (Lipinski definition) is 2. The van der Waals surface area contributed by atoms with Crippen molar-refractivity contribution < 1.29 is 14.0 Å². The van der Waals surface area contributed by atoms with Gasteiger partial charge in [-0.1, -0.05) is 55.8 Å². The number of nitrogens with one attached hydrogen (secondary N) is 1. The first-order valence-corrected chi connectivity index (χ1v) is 10.3. The largest absolute Gasteiger partial charge is 0.352 e. The molecule has 6 heteroatoms. The number of carbonyl (C=O) groups excluding carboxylic acids is 2. The van der Waals surface area contributed by atoms with Crippen molar-refractivity contribution in [3.8, 4) is 0 Å². The predicted molar refractivity (Wildman–Crippen MR) is 114 cm³/mol. The summed E-state index contributed by atoms with van der Waals surface area (Å²) in [7, 11) is 0. The van der Waals surface area contributed by atoms with Crippen molar-refractivity contribution in [1.82, 2.24) is 10.2 Å². The Kier molecular flexibility index (Phi) is 8.65. The van der Waals surface area contributed by atoms with Gasteiger partial charge in [-0.3, -0.25) is 9.59 Å². The molecule has 0 spiro atoms. The number of carbonyl (C=O) groups is 2. The highest BCUT2D eigenvalue weighted by Gasteiger charge is 2.29. The minimum absolute atomic E-state index is 0.0166. The SMILES string of the molecule is CC[C@@H](C)NC(=O)[C@H](CC)N(Cc1ccc(F)cc1)C(=O)Cc1ccccc1Cl.